The quantitative estimate of drug-likeness (QED) is 0.608. The molecule has 1 rings (SSSR count). The second-order valence-corrected chi connectivity index (χ2v) is 4.15. The van der Waals surface area contributed by atoms with Gasteiger partial charge in [-0.1, -0.05) is 32.6 Å². The van der Waals surface area contributed by atoms with Crippen molar-refractivity contribution in [2.75, 3.05) is 26.3 Å². The molecule has 0 aromatic rings. The lowest BCUT2D eigenvalue weighted by molar-refractivity contribution is 0.0232. The van der Waals surface area contributed by atoms with E-state index in [1.165, 1.54) is 32.1 Å². The first kappa shape index (κ1) is 12.0. The second kappa shape index (κ2) is 7.24. The fourth-order valence-electron chi connectivity index (χ4n) is 1.93. The van der Waals surface area contributed by atoms with E-state index in [0.717, 1.165) is 26.3 Å². The van der Waals surface area contributed by atoms with Crippen molar-refractivity contribution in [3.63, 3.8) is 0 Å². The number of ether oxygens (including phenoxy) is 1. The molecule has 1 aliphatic rings. The first-order valence-corrected chi connectivity index (χ1v) is 5.99. The van der Waals surface area contributed by atoms with E-state index in [1.54, 1.807) is 0 Å². The number of morpholine rings is 1. The molecule has 1 aliphatic heterocycles. The van der Waals surface area contributed by atoms with Crippen LogP contribution in [0, 0.1) is 6.92 Å². The molecule has 0 aromatic heterocycles. The molecule has 1 radical (unpaired) electrons. The minimum Gasteiger partial charge on any atom is -0.379 e. The van der Waals surface area contributed by atoms with E-state index in [2.05, 4.69) is 18.7 Å². The average molecular weight is 198 g/mol. The molecule has 0 N–H and O–H groups in total. The van der Waals surface area contributed by atoms with Gasteiger partial charge >= 0.3 is 0 Å². The van der Waals surface area contributed by atoms with Crippen molar-refractivity contribution in [1.29, 1.82) is 0 Å². The fraction of sp³-hybridized carbons (Fsp3) is 0.917. The van der Waals surface area contributed by atoms with E-state index in [1.807, 2.05) is 0 Å². The second-order valence-electron chi connectivity index (χ2n) is 4.15. The Hall–Kier alpha value is -0.0800. The molecule has 2 heteroatoms. The predicted molar refractivity (Wildman–Crippen MR) is 60.3 cm³/mol. The summed E-state index contributed by atoms with van der Waals surface area (Å²) in [6, 6.07) is 0.510. The molecule has 1 saturated heterocycles. The maximum absolute atomic E-state index is 5.32. The van der Waals surface area contributed by atoms with Crippen LogP contribution in [0.25, 0.3) is 0 Å². The number of rotatable bonds is 6. The first-order chi connectivity index (χ1) is 6.84. The Labute approximate surface area is 88.6 Å². The highest BCUT2D eigenvalue weighted by atomic mass is 16.5. The van der Waals surface area contributed by atoms with Crippen molar-refractivity contribution in [1.82, 2.24) is 4.90 Å². The van der Waals surface area contributed by atoms with Gasteiger partial charge in [-0.25, -0.2) is 0 Å². The minimum atomic E-state index is 0.510. The van der Waals surface area contributed by atoms with Crippen LogP contribution in [0.4, 0.5) is 0 Å². The standard InChI is InChI=1S/C12H24NO/c1-3-4-5-6-7-12(2)13-8-10-14-11-9-13/h12H,2-11H2,1H3. The van der Waals surface area contributed by atoms with Crippen molar-refractivity contribution < 1.29 is 4.74 Å². The zero-order valence-corrected chi connectivity index (χ0v) is 9.50. The third-order valence-electron chi connectivity index (χ3n) is 2.95. The maximum Gasteiger partial charge on any atom is 0.0594 e. The van der Waals surface area contributed by atoms with Crippen LogP contribution < -0.4 is 0 Å². The molecule has 0 bridgehead atoms. The van der Waals surface area contributed by atoms with Crippen LogP contribution in [-0.4, -0.2) is 37.2 Å². The Kier molecular flexibility index (Phi) is 6.20. The van der Waals surface area contributed by atoms with E-state index in [9.17, 15) is 0 Å². The summed E-state index contributed by atoms with van der Waals surface area (Å²) in [6.45, 7) is 10.4. The van der Waals surface area contributed by atoms with Crippen LogP contribution >= 0.6 is 0 Å². The average Bonchev–Trinajstić information content (AvgIpc) is 2.25. The Bertz CT molecular complexity index is 132. The van der Waals surface area contributed by atoms with Crippen molar-refractivity contribution in [3.8, 4) is 0 Å². The van der Waals surface area contributed by atoms with Gasteiger partial charge in [-0.2, -0.15) is 0 Å². The third kappa shape index (κ3) is 4.43. The maximum atomic E-state index is 5.32. The van der Waals surface area contributed by atoms with Crippen LogP contribution in [0.2, 0.25) is 0 Å². The van der Waals surface area contributed by atoms with Crippen molar-refractivity contribution >= 4 is 0 Å². The third-order valence-corrected chi connectivity index (χ3v) is 2.95. The minimum absolute atomic E-state index is 0.510. The van der Waals surface area contributed by atoms with Gasteiger partial charge in [-0.05, 0) is 13.3 Å². The van der Waals surface area contributed by atoms with E-state index in [0.29, 0.717) is 6.04 Å². The number of hydrogen-bond donors (Lipinski definition) is 0. The van der Waals surface area contributed by atoms with Crippen LogP contribution in [0.1, 0.15) is 39.0 Å². The monoisotopic (exact) mass is 198 g/mol. The van der Waals surface area contributed by atoms with Gasteiger partial charge in [0.2, 0.25) is 0 Å². The van der Waals surface area contributed by atoms with Crippen LogP contribution in [-0.2, 0) is 4.74 Å². The summed E-state index contributed by atoms with van der Waals surface area (Å²) < 4.78 is 5.32. The highest BCUT2D eigenvalue weighted by Crippen LogP contribution is 2.11. The molecule has 0 aliphatic carbocycles. The van der Waals surface area contributed by atoms with Gasteiger partial charge in [-0.15, -0.1) is 0 Å². The lowest BCUT2D eigenvalue weighted by Gasteiger charge is -2.32. The van der Waals surface area contributed by atoms with E-state index >= 15 is 0 Å². The van der Waals surface area contributed by atoms with Crippen LogP contribution in [0.15, 0.2) is 0 Å². The van der Waals surface area contributed by atoms with Gasteiger partial charge in [-0.3, -0.25) is 4.90 Å². The van der Waals surface area contributed by atoms with E-state index in [-0.39, 0.29) is 0 Å². The van der Waals surface area contributed by atoms with Crippen LogP contribution in [0.3, 0.4) is 0 Å². The smallest absolute Gasteiger partial charge is 0.0594 e. The molecule has 1 fully saturated rings. The summed E-state index contributed by atoms with van der Waals surface area (Å²) in [6.07, 6.45) is 6.64. The topological polar surface area (TPSA) is 12.5 Å². The van der Waals surface area contributed by atoms with Gasteiger partial charge in [0, 0.05) is 19.1 Å². The van der Waals surface area contributed by atoms with Gasteiger partial charge in [0.15, 0.2) is 0 Å². The zero-order valence-electron chi connectivity index (χ0n) is 9.50. The van der Waals surface area contributed by atoms with Gasteiger partial charge in [0.25, 0.3) is 0 Å². The summed E-state index contributed by atoms with van der Waals surface area (Å²) in [7, 11) is 0. The van der Waals surface area contributed by atoms with E-state index in [4.69, 9.17) is 4.74 Å². The number of unbranched alkanes of at least 4 members (excludes halogenated alkanes) is 3. The Morgan fingerprint density at radius 1 is 1.21 bits per heavy atom. The molecule has 2 nitrogen and oxygen atoms in total. The zero-order chi connectivity index (χ0) is 10.2. The van der Waals surface area contributed by atoms with Crippen molar-refractivity contribution in [2.24, 2.45) is 0 Å². The molecule has 0 amide bonds. The molecule has 0 aromatic carbocycles. The molecule has 1 atom stereocenters. The highest BCUT2D eigenvalue weighted by molar-refractivity contribution is 4.75. The lowest BCUT2D eigenvalue weighted by atomic mass is 10.1. The molecule has 1 unspecified atom stereocenters. The van der Waals surface area contributed by atoms with Crippen LogP contribution in [0.5, 0.6) is 0 Å². The van der Waals surface area contributed by atoms with E-state index < -0.39 is 0 Å². The molecule has 0 saturated carbocycles. The summed E-state index contributed by atoms with van der Waals surface area (Å²) in [5, 5.41) is 0. The van der Waals surface area contributed by atoms with Gasteiger partial charge in [0.05, 0.1) is 13.2 Å². The highest BCUT2D eigenvalue weighted by Gasteiger charge is 2.16. The molecular formula is C12H24NO. The molecule has 0 spiro atoms. The van der Waals surface area contributed by atoms with Gasteiger partial charge in [0.1, 0.15) is 0 Å². The largest absolute Gasteiger partial charge is 0.379 e. The summed E-state index contributed by atoms with van der Waals surface area (Å²) in [5.74, 6) is 0. The Morgan fingerprint density at radius 2 is 1.93 bits per heavy atom. The fourth-order valence-corrected chi connectivity index (χ4v) is 1.93. The molecule has 1 heterocycles. The summed E-state index contributed by atoms with van der Waals surface area (Å²) in [4.78, 5) is 2.45. The first-order valence-electron chi connectivity index (χ1n) is 5.99. The Balaban J connectivity index is 2.04. The summed E-state index contributed by atoms with van der Waals surface area (Å²) in [5.41, 5.74) is 0. The molecule has 14 heavy (non-hydrogen) atoms. The van der Waals surface area contributed by atoms with Gasteiger partial charge < -0.3 is 4.74 Å². The summed E-state index contributed by atoms with van der Waals surface area (Å²) >= 11 is 0. The molecule has 83 valence electrons. The molecular weight excluding hydrogens is 174 g/mol. The lowest BCUT2D eigenvalue weighted by Crippen LogP contribution is -2.42. The normalized spacial score (nSPS) is 21.0. The predicted octanol–water partition coefficient (Wildman–Crippen LogP) is 2.49. The SMILES string of the molecule is [CH2]C(CCCCCC)N1CCOCC1. The number of hydrogen-bond acceptors (Lipinski definition) is 2. The Morgan fingerprint density at radius 3 is 2.57 bits per heavy atom. The van der Waals surface area contributed by atoms with Crippen molar-refractivity contribution in [2.45, 2.75) is 45.1 Å². The number of nitrogens with zero attached hydrogens (tertiary/aromatic N) is 1. The van der Waals surface area contributed by atoms with Crippen molar-refractivity contribution in [3.05, 3.63) is 6.92 Å².